The van der Waals surface area contributed by atoms with E-state index < -0.39 is 0 Å². The van der Waals surface area contributed by atoms with Crippen LogP contribution in [0, 0.1) is 0 Å². The SMILES string of the molecule is NCC1(c2ccc(Br)c(N)c2)CCCC1. The van der Waals surface area contributed by atoms with Gasteiger partial charge >= 0.3 is 0 Å². The van der Waals surface area contributed by atoms with Crippen molar-refractivity contribution in [3.63, 3.8) is 0 Å². The van der Waals surface area contributed by atoms with E-state index in [1.165, 1.54) is 31.2 Å². The highest BCUT2D eigenvalue weighted by Gasteiger charge is 2.34. The molecule has 82 valence electrons. The molecule has 1 aromatic carbocycles. The van der Waals surface area contributed by atoms with Gasteiger partial charge in [-0.15, -0.1) is 0 Å². The van der Waals surface area contributed by atoms with E-state index in [-0.39, 0.29) is 5.41 Å². The summed E-state index contributed by atoms with van der Waals surface area (Å²) < 4.78 is 0.969. The third-order valence-corrected chi connectivity index (χ3v) is 4.28. The lowest BCUT2D eigenvalue weighted by atomic mass is 9.79. The molecule has 1 fully saturated rings. The van der Waals surface area contributed by atoms with Gasteiger partial charge < -0.3 is 11.5 Å². The van der Waals surface area contributed by atoms with Crippen LogP contribution in [0.5, 0.6) is 0 Å². The predicted molar refractivity (Wildman–Crippen MR) is 67.8 cm³/mol. The molecule has 0 amide bonds. The molecule has 0 heterocycles. The summed E-state index contributed by atoms with van der Waals surface area (Å²) in [5, 5.41) is 0. The quantitative estimate of drug-likeness (QED) is 0.811. The minimum atomic E-state index is 0.189. The Morgan fingerprint density at radius 3 is 2.47 bits per heavy atom. The van der Waals surface area contributed by atoms with Crippen LogP contribution in [0.4, 0.5) is 5.69 Å². The Labute approximate surface area is 99.2 Å². The summed E-state index contributed by atoms with van der Waals surface area (Å²) in [5.74, 6) is 0. The average molecular weight is 269 g/mol. The summed E-state index contributed by atoms with van der Waals surface area (Å²) in [6, 6.07) is 6.25. The predicted octanol–water partition coefficient (Wildman–Crippen LogP) is 2.80. The maximum atomic E-state index is 5.94. The van der Waals surface area contributed by atoms with Crippen LogP contribution in [-0.2, 0) is 5.41 Å². The molecular weight excluding hydrogens is 252 g/mol. The zero-order chi connectivity index (χ0) is 10.9. The molecule has 3 heteroatoms. The number of halogens is 1. The van der Waals surface area contributed by atoms with Crippen molar-refractivity contribution in [1.29, 1.82) is 0 Å². The molecule has 0 radical (unpaired) electrons. The number of anilines is 1. The van der Waals surface area contributed by atoms with Crippen LogP contribution >= 0.6 is 15.9 Å². The largest absolute Gasteiger partial charge is 0.398 e. The standard InChI is InChI=1S/C12H17BrN2/c13-10-4-3-9(7-11(10)15)12(8-14)5-1-2-6-12/h3-4,7H,1-2,5-6,8,14-15H2. The minimum absolute atomic E-state index is 0.189. The second kappa shape index (κ2) is 4.14. The normalized spacial score (nSPS) is 19.3. The Balaban J connectivity index is 2.38. The molecule has 1 aliphatic rings. The topological polar surface area (TPSA) is 52.0 Å². The van der Waals surface area contributed by atoms with E-state index >= 15 is 0 Å². The zero-order valence-electron chi connectivity index (χ0n) is 8.80. The molecule has 2 rings (SSSR count). The third-order valence-electron chi connectivity index (χ3n) is 3.56. The van der Waals surface area contributed by atoms with Gasteiger partial charge in [0.1, 0.15) is 0 Å². The molecule has 1 saturated carbocycles. The summed E-state index contributed by atoms with van der Waals surface area (Å²) in [7, 11) is 0. The fourth-order valence-corrected chi connectivity index (χ4v) is 2.78. The van der Waals surface area contributed by atoms with Crippen LogP contribution in [0.15, 0.2) is 22.7 Å². The van der Waals surface area contributed by atoms with Crippen molar-refractivity contribution in [2.45, 2.75) is 31.1 Å². The molecule has 4 N–H and O–H groups in total. The Morgan fingerprint density at radius 2 is 1.93 bits per heavy atom. The van der Waals surface area contributed by atoms with Gasteiger partial charge in [-0.05, 0) is 46.5 Å². The maximum absolute atomic E-state index is 5.94. The van der Waals surface area contributed by atoms with Crippen molar-refractivity contribution in [3.05, 3.63) is 28.2 Å². The van der Waals surface area contributed by atoms with Gasteiger partial charge in [-0.2, -0.15) is 0 Å². The van der Waals surface area contributed by atoms with Crippen LogP contribution in [0.3, 0.4) is 0 Å². The lowest BCUT2D eigenvalue weighted by Gasteiger charge is -2.28. The average Bonchev–Trinajstić information content (AvgIpc) is 2.72. The van der Waals surface area contributed by atoms with Crippen LogP contribution in [0.2, 0.25) is 0 Å². The monoisotopic (exact) mass is 268 g/mol. The first kappa shape index (κ1) is 11.0. The van der Waals surface area contributed by atoms with E-state index in [4.69, 9.17) is 11.5 Å². The minimum Gasteiger partial charge on any atom is -0.398 e. The van der Waals surface area contributed by atoms with E-state index in [9.17, 15) is 0 Å². The van der Waals surface area contributed by atoms with E-state index in [1.807, 2.05) is 6.07 Å². The lowest BCUT2D eigenvalue weighted by Crippen LogP contribution is -2.32. The van der Waals surface area contributed by atoms with E-state index in [2.05, 4.69) is 28.1 Å². The zero-order valence-corrected chi connectivity index (χ0v) is 10.4. The molecular formula is C12H17BrN2. The molecule has 1 aromatic rings. The maximum Gasteiger partial charge on any atom is 0.0461 e. The summed E-state index contributed by atoms with van der Waals surface area (Å²) >= 11 is 3.42. The Bertz CT molecular complexity index is 357. The number of nitrogens with two attached hydrogens (primary N) is 2. The summed E-state index contributed by atoms with van der Waals surface area (Å²) in [6.45, 7) is 0.730. The van der Waals surface area contributed by atoms with Crippen molar-refractivity contribution in [1.82, 2.24) is 0 Å². The van der Waals surface area contributed by atoms with Gasteiger partial charge in [0.05, 0.1) is 0 Å². The molecule has 0 aromatic heterocycles. The van der Waals surface area contributed by atoms with Crippen molar-refractivity contribution < 1.29 is 0 Å². The molecule has 0 aliphatic heterocycles. The summed E-state index contributed by atoms with van der Waals surface area (Å²) in [6.07, 6.45) is 4.97. The molecule has 0 saturated heterocycles. The highest BCUT2D eigenvalue weighted by Crippen LogP contribution is 2.41. The molecule has 0 spiro atoms. The molecule has 15 heavy (non-hydrogen) atoms. The summed E-state index contributed by atoms with van der Waals surface area (Å²) in [5.41, 5.74) is 14.2. The second-order valence-corrected chi connectivity index (χ2v) is 5.28. The van der Waals surface area contributed by atoms with Crippen LogP contribution < -0.4 is 11.5 Å². The lowest BCUT2D eigenvalue weighted by molar-refractivity contribution is 0.453. The third kappa shape index (κ3) is 1.91. The van der Waals surface area contributed by atoms with Crippen molar-refractivity contribution >= 4 is 21.6 Å². The van der Waals surface area contributed by atoms with E-state index in [1.54, 1.807) is 0 Å². The van der Waals surface area contributed by atoms with Gasteiger partial charge in [0.15, 0.2) is 0 Å². The van der Waals surface area contributed by atoms with Crippen molar-refractivity contribution in [3.8, 4) is 0 Å². The number of hydrogen-bond donors (Lipinski definition) is 2. The molecule has 0 bridgehead atoms. The smallest absolute Gasteiger partial charge is 0.0461 e. The molecule has 1 aliphatic carbocycles. The highest BCUT2D eigenvalue weighted by molar-refractivity contribution is 9.10. The van der Waals surface area contributed by atoms with Crippen molar-refractivity contribution in [2.24, 2.45) is 5.73 Å². The molecule has 0 unspecified atom stereocenters. The van der Waals surface area contributed by atoms with Gasteiger partial charge in [0.2, 0.25) is 0 Å². The van der Waals surface area contributed by atoms with Crippen LogP contribution in [-0.4, -0.2) is 6.54 Å². The number of rotatable bonds is 2. The second-order valence-electron chi connectivity index (χ2n) is 4.43. The van der Waals surface area contributed by atoms with E-state index in [0.29, 0.717) is 0 Å². The summed E-state index contributed by atoms with van der Waals surface area (Å²) in [4.78, 5) is 0. The van der Waals surface area contributed by atoms with Crippen molar-refractivity contribution in [2.75, 3.05) is 12.3 Å². The van der Waals surface area contributed by atoms with E-state index in [0.717, 1.165) is 16.7 Å². The Kier molecular flexibility index (Phi) is 3.03. The van der Waals surface area contributed by atoms with Gasteiger partial charge in [-0.3, -0.25) is 0 Å². The molecule has 2 nitrogen and oxygen atoms in total. The van der Waals surface area contributed by atoms with Gasteiger partial charge in [-0.1, -0.05) is 18.9 Å². The first-order valence-corrected chi connectivity index (χ1v) is 6.23. The first-order chi connectivity index (χ1) is 7.18. The van der Waals surface area contributed by atoms with Gasteiger partial charge in [-0.25, -0.2) is 0 Å². The number of benzene rings is 1. The van der Waals surface area contributed by atoms with Crippen LogP contribution in [0.25, 0.3) is 0 Å². The highest BCUT2D eigenvalue weighted by atomic mass is 79.9. The fourth-order valence-electron chi connectivity index (χ4n) is 2.54. The Morgan fingerprint density at radius 1 is 1.27 bits per heavy atom. The van der Waals surface area contributed by atoms with Crippen LogP contribution in [0.1, 0.15) is 31.2 Å². The number of hydrogen-bond acceptors (Lipinski definition) is 2. The Hall–Kier alpha value is -0.540. The molecule has 0 atom stereocenters. The fraction of sp³-hybridized carbons (Fsp3) is 0.500. The first-order valence-electron chi connectivity index (χ1n) is 5.43. The number of nitrogen functional groups attached to an aromatic ring is 1. The van der Waals surface area contributed by atoms with Gasteiger partial charge in [0, 0.05) is 22.1 Å². The van der Waals surface area contributed by atoms with Gasteiger partial charge in [0.25, 0.3) is 0 Å².